The summed E-state index contributed by atoms with van der Waals surface area (Å²) in [6.45, 7) is 3.31. The van der Waals surface area contributed by atoms with E-state index in [0.29, 0.717) is 13.1 Å². The predicted molar refractivity (Wildman–Crippen MR) is 111 cm³/mol. The second kappa shape index (κ2) is 10.3. The Kier molecular flexibility index (Phi) is 7.27. The molecule has 0 fully saturated rings. The van der Waals surface area contributed by atoms with Crippen molar-refractivity contribution in [3.05, 3.63) is 95.6 Å². The normalized spacial score (nSPS) is 11.8. The minimum absolute atomic E-state index is 0.0133. The lowest BCUT2D eigenvalue weighted by Crippen LogP contribution is -2.39. The summed E-state index contributed by atoms with van der Waals surface area (Å²) in [5.74, 6) is -0.0133. The van der Waals surface area contributed by atoms with Crippen LogP contribution in [-0.2, 0) is 17.6 Å². The van der Waals surface area contributed by atoms with Crippen molar-refractivity contribution in [1.29, 1.82) is 0 Å². The largest absolute Gasteiger partial charge is 0.354 e. The van der Waals surface area contributed by atoms with Gasteiger partial charge in [-0.25, -0.2) is 0 Å². The fourth-order valence-corrected chi connectivity index (χ4v) is 3.10. The van der Waals surface area contributed by atoms with Crippen molar-refractivity contribution in [2.75, 3.05) is 13.1 Å². The Morgan fingerprint density at radius 1 is 0.929 bits per heavy atom. The maximum absolute atomic E-state index is 12.9. The maximum Gasteiger partial charge on any atom is 0.241 e. The summed E-state index contributed by atoms with van der Waals surface area (Å²) in [4.78, 5) is 21.1. The smallest absolute Gasteiger partial charge is 0.241 e. The Bertz CT molecular complexity index is 868. The van der Waals surface area contributed by atoms with Gasteiger partial charge in [0.25, 0.3) is 0 Å². The summed E-state index contributed by atoms with van der Waals surface area (Å²) in [6, 6.07) is 15.6. The minimum Gasteiger partial charge on any atom is -0.354 e. The molecule has 2 aromatic heterocycles. The van der Waals surface area contributed by atoms with Gasteiger partial charge in [-0.15, -0.1) is 0 Å². The molecule has 0 bridgehead atoms. The highest BCUT2D eigenvalue weighted by molar-refractivity contribution is 5.83. The third-order valence-corrected chi connectivity index (χ3v) is 4.56. The number of carbonyl (C=O) groups is 1. The van der Waals surface area contributed by atoms with Crippen molar-refractivity contribution in [3.63, 3.8) is 0 Å². The lowest BCUT2D eigenvalue weighted by molar-refractivity contribution is -0.123. The molecule has 0 radical (unpaired) electrons. The molecule has 0 aliphatic heterocycles. The highest BCUT2D eigenvalue weighted by Gasteiger charge is 2.19. The Morgan fingerprint density at radius 2 is 1.61 bits per heavy atom. The summed E-state index contributed by atoms with van der Waals surface area (Å²) in [5, 5.41) is 6.46. The number of pyridine rings is 2. The molecule has 1 atom stereocenters. The summed E-state index contributed by atoms with van der Waals surface area (Å²) in [7, 11) is 0. The third kappa shape index (κ3) is 5.99. The molecule has 5 nitrogen and oxygen atoms in total. The van der Waals surface area contributed by atoms with Crippen LogP contribution >= 0.6 is 0 Å². The fourth-order valence-electron chi connectivity index (χ4n) is 3.10. The van der Waals surface area contributed by atoms with E-state index in [2.05, 4.69) is 26.7 Å². The second-order valence-corrected chi connectivity index (χ2v) is 6.81. The minimum atomic E-state index is -0.384. The Labute approximate surface area is 166 Å². The first kappa shape index (κ1) is 19.7. The molecule has 0 aliphatic carbocycles. The van der Waals surface area contributed by atoms with Crippen LogP contribution < -0.4 is 10.6 Å². The van der Waals surface area contributed by atoms with Crippen molar-refractivity contribution >= 4 is 5.91 Å². The number of benzene rings is 1. The van der Waals surface area contributed by atoms with Gasteiger partial charge in [-0.05, 0) is 48.6 Å². The highest BCUT2D eigenvalue weighted by Crippen LogP contribution is 2.15. The SMILES string of the molecule is Cc1cccc(C(NCCc2cccnc2)C(=O)NCCc2cccnc2)c1. The molecule has 1 unspecified atom stereocenters. The van der Waals surface area contributed by atoms with E-state index in [1.807, 2.05) is 61.8 Å². The number of carbonyl (C=O) groups excluding carboxylic acids is 1. The van der Waals surface area contributed by atoms with Crippen LogP contribution in [-0.4, -0.2) is 29.0 Å². The zero-order chi connectivity index (χ0) is 19.6. The third-order valence-electron chi connectivity index (χ3n) is 4.56. The number of nitrogens with one attached hydrogen (secondary N) is 2. The zero-order valence-electron chi connectivity index (χ0n) is 16.1. The molecule has 28 heavy (non-hydrogen) atoms. The molecule has 144 valence electrons. The molecule has 1 amide bonds. The van der Waals surface area contributed by atoms with Crippen LogP contribution in [0.4, 0.5) is 0 Å². The van der Waals surface area contributed by atoms with E-state index in [9.17, 15) is 4.79 Å². The number of hydrogen-bond donors (Lipinski definition) is 2. The zero-order valence-corrected chi connectivity index (χ0v) is 16.1. The molecule has 5 heteroatoms. The van der Waals surface area contributed by atoms with Gasteiger partial charge in [0.05, 0.1) is 0 Å². The fraction of sp³-hybridized carbons (Fsp3) is 0.261. The van der Waals surface area contributed by atoms with Crippen LogP contribution in [0, 0.1) is 6.92 Å². The lowest BCUT2D eigenvalue weighted by atomic mass is 10.0. The van der Waals surface area contributed by atoms with Crippen molar-refractivity contribution in [3.8, 4) is 0 Å². The molecule has 2 heterocycles. The van der Waals surface area contributed by atoms with E-state index in [1.165, 1.54) is 0 Å². The van der Waals surface area contributed by atoms with E-state index in [1.54, 1.807) is 12.4 Å². The van der Waals surface area contributed by atoms with Gasteiger partial charge in [0.1, 0.15) is 6.04 Å². The van der Waals surface area contributed by atoms with E-state index < -0.39 is 0 Å². The molecule has 2 N–H and O–H groups in total. The van der Waals surface area contributed by atoms with Gasteiger partial charge >= 0.3 is 0 Å². The Balaban J connectivity index is 1.60. The number of nitrogens with zero attached hydrogens (tertiary/aromatic N) is 2. The molecular formula is C23H26N4O. The lowest BCUT2D eigenvalue weighted by Gasteiger charge is -2.19. The van der Waals surface area contributed by atoms with E-state index in [0.717, 1.165) is 35.1 Å². The van der Waals surface area contributed by atoms with Gasteiger partial charge in [-0.3, -0.25) is 14.8 Å². The number of hydrogen-bond acceptors (Lipinski definition) is 4. The number of amides is 1. The quantitative estimate of drug-likeness (QED) is 0.604. The molecule has 0 saturated carbocycles. The van der Waals surface area contributed by atoms with E-state index in [-0.39, 0.29) is 11.9 Å². The van der Waals surface area contributed by atoms with Crippen LogP contribution in [0.15, 0.2) is 73.3 Å². The Hall–Kier alpha value is -3.05. The average Bonchev–Trinajstić information content (AvgIpc) is 2.72. The van der Waals surface area contributed by atoms with Crippen LogP contribution in [0.3, 0.4) is 0 Å². The molecule has 1 aromatic carbocycles. The molecule has 0 aliphatic rings. The van der Waals surface area contributed by atoms with Gasteiger partial charge in [-0.1, -0.05) is 42.0 Å². The van der Waals surface area contributed by atoms with Crippen molar-refractivity contribution in [2.24, 2.45) is 0 Å². The first-order valence-corrected chi connectivity index (χ1v) is 9.58. The first-order valence-electron chi connectivity index (χ1n) is 9.58. The summed E-state index contributed by atoms with van der Waals surface area (Å²) >= 11 is 0. The van der Waals surface area contributed by atoms with Crippen molar-refractivity contribution < 1.29 is 4.79 Å². The van der Waals surface area contributed by atoms with Crippen LogP contribution in [0.1, 0.15) is 28.3 Å². The van der Waals surface area contributed by atoms with Crippen LogP contribution in [0.25, 0.3) is 0 Å². The molecule has 0 spiro atoms. The monoisotopic (exact) mass is 374 g/mol. The summed E-state index contributed by atoms with van der Waals surface area (Å²) < 4.78 is 0. The second-order valence-electron chi connectivity index (χ2n) is 6.81. The van der Waals surface area contributed by atoms with Crippen LogP contribution in [0.5, 0.6) is 0 Å². The standard InChI is InChI=1S/C23H26N4O/c1-18-5-2-8-21(15-18)22(26-13-9-19-6-3-11-24-16-19)23(28)27-14-10-20-7-4-12-25-17-20/h2-8,11-12,15-17,22,26H,9-10,13-14H2,1H3,(H,27,28). The number of aromatic nitrogens is 2. The van der Waals surface area contributed by atoms with E-state index in [4.69, 9.17) is 0 Å². The summed E-state index contributed by atoms with van der Waals surface area (Å²) in [6.07, 6.45) is 8.78. The highest BCUT2D eigenvalue weighted by atomic mass is 16.2. The Morgan fingerprint density at radius 3 is 2.21 bits per heavy atom. The van der Waals surface area contributed by atoms with Gasteiger partial charge in [0.15, 0.2) is 0 Å². The van der Waals surface area contributed by atoms with Gasteiger partial charge in [0, 0.05) is 37.9 Å². The molecule has 0 saturated heterocycles. The average molecular weight is 374 g/mol. The molecule has 3 aromatic rings. The van der Waals surface area contributed by atoms with Gasteiger partial charge in [0.2, 0.25) is 5.91 Å². The predicted octanol–water partition coefficient (Wildman–Crippen LogP) is 3.02. The van der Waals surface area contributed by atoms with Crippen molar-refractivity contribution in [2.45, 2.75) is 25.8 Å². The van der Waals surface area contributed by atoms with Gasteiger partial charge in [-0.2, -0.15) is 0 Å². The topological polar surface area (TPSA) is 66.9 Å². The first-order chi connectivity index (χ1) is 13.7. The summed E-state index contributed by atoms with van der Waals surface area (Å²) in [5.41, 5.74) is 4.37. The maximum atomic E-state index is 12.9. The van der Waals surface area contributed by atoms with Crippen molar-refractivity contribution in [1.82, 2.24) is 20.6 Å². The molecular weight excluding hydrogens is 348 g/mol. The number of rotatable bonds is 9. The molecule has 3 rings (SSSR count). The van der Waals surface area contributed by atoms with Gasteiger partial charge < -0.3 is 10.6 Å². The van der Waals surface area contributed by atoms with E-state index >= 15 is 0 Å². The van der Waals surface area contributed by atoms with Crippen LogP contribution in [0.2, 0.25) is 0 Å². The number of aryl methyl sites for hydroxylation is 1.